The highest BCUT2D eigenvalue weighted by atomic mass is 16.5. The lowest BCUT2D eigenvalue weighted by atomic mass is 10.3. The number of benzene rings is 1. The van der Waals surface area contributed by atoms with E-state index >= 15 is 0 Å². The molecule has 1 atom stereocenters. The minimum Gasteiger partial charge on any atom is -0.384 e. The van der Waals surface area contributed by atoms with Gasteiger partial charge in [-0.2, -0.15) is 15.0 Å². The first-order valence-corrected chi connectivity index (χ1v) is 5.54. The maximum atomic E-state index is 9.77. The second-order valence-corrected chi connectivity index (χ2v) is 3.57. The average Bonchev–Trinajstić information content (AvgIpc) is 2.86. The summed E-state index contributed by atoms with van der Waals surface area (Å²) in [6.07, 6.45) is 0.823. The number of aromatic nitrogens is 3. The fraction of sp³-hybridized carbons (Fsp3) is 0.333. The third-order valence-electron chi connectivity index (χ3n) is 2.32. The zero-order chi connectivity index (χ0) is 12.1. The predicted molar refractivity (Wildman–Crippen MR) is 62.8 cm³/mol. The van der Waals surface area contributed by atoms with E-state index in [9.17, 15) is 5.11 Å². The summed E-state index contributed by atoms with van der Waals surface area (Å²) in [7, 11) is 0. The largest absolute Gasteiger partial charge is 0.384 e. The van der Waals surface area contributed by atoms with Gasteiger partial charge in [-0.05, 0) is 19.1 Å². The summed E-state index contributed by atoms with van der Waals surface area (Å²) in [6.45, 7) is 2.70. The molecule has 0 saturated carbocycles. The second-order valence-electron chi connectivity index (χ2n) is 3.57. The SMILES string of the molecule is CCOCC(O)c1cnn(-c2ccccc2)n1. The maximum absolute atomic E-state index is 9.77. The van der Waals surface area contributed by atoms with E-state index in [0.29, 0.717) is 12.3 Å². The number of aliphatic hydroxyl groups is 1. The molecule has 0 aliphatic carbocycles. The van der Waals surface area contributed by atoms with Gasteiger partial charge in [0.15, 0.2) is 0 Å². The van der Waals surface area contributed by atoms with Gasteiger partial charge in [-0.15, -0.1) is 0 Å². The Morgan fingerprint density at radius 3 is 2.82 bits per heavy atom. The summed E-state index contributed by atoms with van der Waals surface area (Å²) in [6, 6.07) is 9.55. The van der Waals surface area contributed by atoms with Gasteiger partial charge in [-0.25, -0.2) is 0 Å². The van der Waals surface area contributed by atoms with Crippen LogP contribution in [0.1, 0.15) is 18.7 Å². The first-order chi connectivity index (χ1) is 8.31. The summed E-state index contributed by atoms with van der Waals surface area (Å²) >= 11 is 0. The van der Waals surface area contributed by atoms with Gasteiger partial charge < -0.3 is 9.84 Å². The molecule has 1 heterocycles. The third-order valence-corrected chi connectivity index (χ3v) is 2.32. The Labute approximate surface area is 99.7 Å². The van der Waals surface area contributed by atoms with Crippen molar-refractivity contribution in [2.75, 3.05) is 13.2 Å². The summed E-state index contributed by atoms with van der Waals surface area (Å²) in [5.41, 5.74) is 1.38. The molecule has 1 aromatic heterocycles. The summed E-state index contributed by atoms with van der Waals surface area (Å²) < 4.78 is 5.14. The molecule has 1 N–H and O–H groups in total. The first kappa shape index (κ1) is 11.8. The number of aliphatic hydroxyl groups excluding tert-OH is 1. The van der Waals surface area contributed by atoms with Crippen LogP contribution in [-0.2, 0) is 4.74 Å². The average molecular weight is 233 g/mol. The molecule has 0 aliphatic heterocycles. The standard InChI is InChI=1S/C12H15N3O2/c1-2-17-9-12(16)11-8-13-15(14-11)10-6-4-3-5-7-10/h3-8,12,16H,2,9H2,1H3. The minimum absolute atomic E-state index is 0.240. The molecule has 5 nitrogen and oxygen atoms in total. The Hall–Kier alpha value is -1.72. The molecule has 0 saturated heterocycles. The molecule has 90 valence electrons. The van der Waals surface area contributed by atoms with Crippen molar-refractivity contribution in [3.8, 4) is 5.69 Å². The number of hydrogen-bond acceptors (Lipinski definition) is 4. The van der Waals surface area contributed by atoms with Crippen LogP contribution >= 0.6 is 0 Å². The van der Waals surface area contributed by atoms with Crippen LogP contribution in [-0.4, -0.2) is 33.3 Å². The van der Waals surface area contributed by atoms with Gasteiger partial charge in [0.25, 0.3) is 0 Å². The van der Waals surface area contributed by atoms with Gasteiger partial charge in [-0.3, -0.25) is 0 Å². The van der Waals surface area contributed by atoms with Gasteiger partial charge in [0.05, 0.1) is 18.5 Å². The van der Waals surface area contributed by atoms with Crippen molar-refractivity contribution in [2.45, 2.75) is 13.0 Å². The Morgan fingerprint density at radius 2 is 2.12 bits per heavy atom. The van der Waals surface area contributed by atoms with Gasteiger partial charge in [0.1, 0.15) is 11.8 Å². The molecule has 2 rings (SSSR count). The smallest absolute Gasteiger partial charge is 0.123 e. The highest BCUT2D eigenvalue weighted by Crippen LogP contribution is 2.11. The van der Waals surface area contributed by atoms with Crippen molar-refractivity contribution < 1.29 is 9.84 Å². The highest BCUT2D eigenvalue weighted by molar-refractivity contribution is 5.28. The van der Waals surface area contributed by atoms with E-state index in [1.807, 2.05) is 37.3 Å². The molecule has 0 amide bonds. The number of rotatable bonds is 5. The number of para-hydroxylation sites is 1. The summed E-state index contributed by atoms with van der Waals surface area (Å²) in [4.78, 5) is 1.49. The third kappa shape index (κ3) is 2.89. The molecule has 1 aromatic carbocycles. The van der Waals surface area contributed by atoms with Gasteiger partial charge in [0.2, 0.25) is 0 Å². The van der Waals surface area contributed by atoms with Crippen molar-refractivity contribution in [1.29, 1.82) is 0 Å². The lowest BCUT2D eigenvalue weighted by molar-refractivity contribution is 0.0396. The van der Waals surface area contributed by atoms with E-state index in [-0.39, 0.29) is 6.61 Å². The van der Waals surface area contributed by atoms with Crippen molar-refractivity contribution >= 4 is 0 Å². The Balaban J connectivity index is 2.11. The van der Waals surface area contributed by atoms with E-state index in [4.69, 9.17) is 4.74 Å². The molecule has 1 unspecified atom stereocenters. The fourth-order valence-electron chi connectivity index (χ4n) is 1.43. The number of hydrogen-bond donors (Lipinski definition) is 1. The molecule has 2 aromatic rings. The molecule has 0 bridgehead atoms. The normalized spacial score (nSPS) is 12.6. The van der Waals surface area contributed by atoms with Crippen LogP contribution in [0.5, 0.6) is 0 Å². The van der Waals surface area contributed by atoms with E-state index < -0.39 is 6.10 Å². The number of ether oxygens (including phenoxy) is 1. The van der Waals surface area contributed by atoms with Gasteiger partial charge in [0, 0.05) is 6.61 Å². The Kier molecular flexibility index (Phi) is 3.85. The van der Waals surface area contributed by atoms with Crippen molar-refractivity contribution in [2.24, 2.45) is 0 Å². The van der Waals surface area contributed by atoms with Crippen molar-refractivity contribution in [3.63, 3.8) is 0 Å². The van der Waals surface area contributed by atoms with Gasteiger partial charge >= 0.3 is 0 Å². The first-order valence-electron chi connectivity index (χ1n) is 5.54. The predicted octanol–water partition coefficient (Wildman–Crippen LogP) is 1.34. The van der Waals surface area contributed by atoms with E-state index in [1.54, 1.807) is 6.20 Å². The van der Waals surface area contributed by atoms with Crippen LogP contribution in [0, 0.1) is 0 Å². The Morgan fingerprint density at radius 1 is 1.35 bits per heavy atom. The van der Waals surface area contributed by atoms with Crippen LogP contribution in [0.2, 0.25) is 0 Å². The second kappa shape index (κ2) is 5.56. The van der Waals surface area contributed by atoms with E-state index in [0.717, 1.165) is 5.69 Å². The molecule has 0 fully saturated rings. The highest BCUT2D eigenvalue weighted by Gasteiger charge is 2.12. The minimum atomic E-state index is -0.729. The van der Waals surface area contributed by atoms with Crippen LogP contribution in [0.3, 0.4) is 0 Å². The maximum Gasteiger partial charge on any atom is 0.123 e. The zero-order valence-corrected chi connectivity index (χ0v) is 9.65. The molecule has 0 spiro atoms. The van der Waals surface area contributed by atoms with Gasteiger partial charge in [-0.1, -0.05) is 18.2 Å². The van der Waals surface area contributed by atoms with Crippen molar-refractivity contribution in [3.05, 3.63) is 42.2 Å². The summed E-state index contributed by atoms with van der Waals surface area (Å²) in [5, 5.41) is 18.1. The molecular weight excluding hydrogens is 218 g/mol. The molecular formula is C12H15N3O2. The topological polar surface area (TPSA) is 60.2 Å². The van der Waals surface area contributed by atoms with Crippen LogP contribution in [0.25, 0.3) is 5.69 Å². The van der Waals surface area contributed by atoms with Crippen LogP contribution in [0.15, 0.2) is 36.5 Å². The Bertz CT molecular complexity index is 456. The molecule has 0 aliphatic rings. The lowest BCUT2D eigenvalue weighted by Crippen LogP contribution is -2.08. The van der Waals surface area contributed by atoms with E-state index in [2.05, 4.69) is 10.2 Å². The summed E-state index contributed by atoms with van der Waals surface area (Å²) in [5.74, 6) is 0. The fourth-order valence-corrected chi connectivity index (χ4v) is 1.43. The van der Waals surface area contributed by atoms with Crippen LogP contribution in [0.4, 0.5) is 0 Å². The molecule has 17 heavy (non-hydrogen) atoms. The number of nitrogens with zero attached hydrogens (tertiary/aromatic N) is 3. The van der Waals surface area contributed by atoms with Crippen molar-refractivity contribution in [1.82, 2.24) is 15.0 Å². The molecule has 0 radical (unpaired) electrons. The monoisotopic (exact) mass is 233 g/mol. The lowest BCUT2D eigenvalue weighted by Gasteiger charge is -2.06. The quantitative estimate of drug-likeness (QED) is 0.846. The van der Waals surface area contributed by atoms with E-state index in [1.165, 1.54) is 4.80 Å². The zero-order valence-electron chi connectivity index (χ0n) is 9.65. The van der Waals surface area contributed by atoms with Crippen LogP contribution < -0.4 is 0 Å². The molecule has 5 heteroatoms.